The molecule has 0 unspecified atom stereocenters. The summed E-state index contributed by atoms with van der Waals surface area (Å²) in [4.78, 5) is 24.2. The van der Waals surface area contributed by atoms with E-state index in [-0.39, 0.29) is 5.91 Å². The van der Waals surface area contributed by atoms with Crippen LogP contribution in [0.15, 0.2) is 60.7 Å². The second-order valence-electron chi connectivity index (χ2n) is 6.59. The third-order valence-corrected chi connectivity index (χ3v) is 4.71. The zero-order valence-corrected chi connectivity index (χ0v) is 16.6. The van der Waals surface area contributed by atoms with Crippen molar-refractivity contribution in [3.8, 4) is 5.75 Å². The van der Waals surface area contributed by atoms with Gasteiger partial charge in [0.1, 0.15) is 5.75 Å². The Morgan fingerprint density at radius 1 is 1.04 bits per heavy atom. The average Bonchev–Trinajstić information content (AvgIpc) is 2.67. The van der Waals surface area contributed by atoms with Crippen LogP contribution >= 0.6 is 11.6 Å². The number of halogens is 1. The van der Waals surface area contributed by atoms with Crippen LogP contribution in [-0.2, 0) is 9.59 Å². The van der Waals surface area contributed by atoms with E-state index in [1.807, 2.05) is 49.4 Å². The van der Waals surface area contributed by atoms with E-state index in [1.54, 1.807) is 18.2 Å². The summed E-state index contributed by atoms with van der Waals surface area (Å²) in [7, 11) is 0. The second kappa shape index (κ2) is 8.89. The van der Waals surface area contributed by atoms with Crippen LogP contribution in [-0.4, -0.2) is 11.9 Å². The standard InChI is InChI=1S/C23H22ClNO3/c1-3-6-21(27)25-23(17-9-12-18(24)13-10-17)22-19-8-5-4-7-16(19)11-14-20(22)28-15(2)26/h4-5,7-14,23H,3,6H2,1-2H3,(H,25,27)/t23-/m1/s1. The van der Waals surface area contributed by atoms with Gasteiger partial charge in [0.15, 0.2) is 0 Å². The molecule has 0 saturated carbocycles. The number of hydrogen-bond donors (Lipinski definition) is 1. The number of esters is 1. The summed E-state index contributed by atoms with van der Waals surface area (Å²) < 4.78 is 5.50. The Kier molecular flexibility index (Phi) is 6.32. The van der Waals surface area contributed by atoms with Gasteiger partial charge in [-0.1, -0.05) is 61.0 Å². The van der Waals surface area contributed by atoms with Gasteiger partial charge in [-0.25, -0.2) is 0 Å². The van der Waals surface area contributed by atoms with Gasteiger partial charge in [0.2, 0.25) is 5.91 Å². The molecule has 1 N–H and O–H groups in total. The lowest BCUT2D eigenvalue weighted by molar-refractivity contribution is -0.131. The van der Waals surface area contributed by atoms with Gasteiger partial charge >= 0.3 is 5.97 Å². The molecule has 0 fully saturated rings. The van der Waals surface area contributed by atoms with Crippen molar-refractivity contribution in [3.05, 3.63) is 76.8 Å². The third kappa shape index (κ3) is 4.52. The Labute approximate surface area is 169 Å². The molecule has 5 heteroatoms. The molecular formula is C23H22ClNO3. The first-order valence-corrected chi connectivity index (χ1v) is 9.62. The summed E-state index contributed by atoms with van der Waals surface area (Å²) in [5.41, 5.74) is 1.61. The first-order chi connectivity index (χ1) is 13.5. The number of ether oxygens (including phenoxy) is 1. The number of rotatable bonds is 6. The van der Waals surface area contributed by atoms with Crippen molar-refractivity contribution < 1.29 is 14.3 Å². The fourth-order valence-corrected chi connectivity index (χ4v) is 3.38. The maximum Gasteiger partial charge on any atom is 0.308 e. The number of carbonyl (C=O) groups excluding carboxylic acids is 2. The van der Waals surface area contributed by atoms with Gasteiger partial charge in [-0.05, 0) is 41.0 Å². The van der Waals surface area contributed by atoms with Crippen molar-refractivity contribution in [1.29, 1.82) is 0 Å². The van der Waals surface area contributed by atoms with Crippen LogP contribution < -0.4 is 10.1 Å². The molecule has 0 bridgehead atoms. The molecule has 3 rings (SSSR count). The van der Waals surface area contributed by atoms with Crippen LogP contribution in [0.4, 0.5) is 0 Å². The van der Waals surface area contributed by atoms with Crippen LogP contribution in [0.2, 0.25) is 5.02 Å². The summed E-state index contributed by atoms with van der Waals surface area (Å²) in [6.45, 7) is 3.32. The first kappa shape index (κ1) is 19.9. The van der Waals surface area contributed by atoms with Crippen molar-refractivity contribution in [1.82, 2.24) is 5.32 Å². The molecule has 1 amide bonds. The predicted molar refractivity (Wildman–Crippen MR) is 112 cm³/mol. The number of amides is 1. The Bertz CT molecular complexity index is 998. The van der Waals surface area contributed by atoms with Crippen LogP contribution in [0, 0.1) is 0 Å². The molecule has 0 saturated heterocycles. The van der Waals surface area contributed by atoms with E-state index in [0.29, 0.717) is 17.2 Å². The quantitative estimate of drug-likeness (QED) is 0.447. The Morgan fingerprint density at radius 3 is 2.43 bits per heavy atom. The van der Waals surface area contributed by atoms with Gasteiger partial charge in [0, 0.05) is 23.9 Å². The number of carbonyl (C=O) groups is 2. The van der Waals surface area contributed by atoms with Crippen molar-refractivity contribution in [2.24, 2.45) is 0 Å². The van der Waals surface area contributed by atoms with Gasteiger partial charge in [-0.15, -0.1) is 0 Å². The summed E-state index contributed by atoms with van der Waals surface area (Å²) in [5.74, 6) is -0.0432. The monoisotopic (exact) mass is 395 g/mol. The van der Waals surface area contributed by atoms with Crippen molar-refractivity contribution in [2.75, 3.05) is 0 Å². The van der Waals surface area contributed by atoms with Gasteiger partial charge in [0.05, 0.1) is 6.04 Å². The number of fused-ring (bicyclic) bond motifs is 1. The minimum Gasteiger partial charge on any atom is -0.426 e. The SMILES string of the molecule is CCCC(=O)N[C@H](c1ccc(Cl)cc1)c1c(OC(C)=O)ccc2ccccc12. The maximum atomic E-state index is 12.5. The Morgan fingerprint density at radius 2 is 1.75 bits per heavy atom. The number of hydrogen-bond acceptors (Lipinski definition) is 3. The molecule has 3 aromatic rings. The zero-order chi connectivity index (χ0) is 20.1. The Hall–Kier alpha value is -2.85. The molecule has 28 heavy (non-hydrogen) atoms. The fraction of sp³-hybridized carbons (Fsp3) is 0.217. The third-order valence-electron chi connectivity index (χ3n) is 4.46. The molecular weight excluding hydrogens is 374 g/mol. The number of benzene rings is 3. The summed E-state index contributed by atoms with van der Waals surface area (Å²) in [6.07, 6.45) is 1.16. The molecule has 0 aliphatic heterocycles. The molecule has 0 heterocycles. The molecule has 3 aromatic carbocycles. The molecule has 1 atom stereocenters. The second-order valence-corrected chi connectivity index (χ2v) is 7.03. The van der Waals surface area contributed by atoms with E-state index in [1.165, 1.54) is 6.92 Å². The van der Waals surface area contributed by atoms with Crippen LogP contribution in [0.5, 0.6) is 5.75 Å². The molecule has 0 aliphatic rings. The van der Waals surface area contributed by atoms with Crippen LogP contribution in [0.1, 0.15) is 43.9 Å². The normalized spacial score (nSPS) is 11.8. The smallest absolute Gasteiger partial charge is 0.308 e. The van der Waals surface area contributed by atoms with Crippen molar-refractivity contribution in [2.45, 2.75) is 32.7 Å². The molecule has 0 aromatic heterocycles. The topological polar surface area (TPSA) is 55.4 Å². The Balaban J connectivity index is 2.22. The van der Waals surface area contributed by atoms with E-state index in [0.717, 1.165) is 28.3 Å². The summed E-state index contributed by atoms with van der Waals surface area (Å²) >= 11 is 6.06. The first-order valence-electron chi connectivity index (χ1n) is 9.24. The largest absolute Gasteiger partial charge is 0.426 e. The highest BCUT2D eigenvalue weighted by Gasteiger charge is 2.24. The highest BCUT2D eigenvalue weighted by Crippen LogP contribution is 2.37. The highest BCUT2D eigenvalue weighted by molar-refractivity contribution is 6.30. The summed E-state index contributed by atoms with van der Waals surface area (Å²) in [5, 5.41) is 5.63. The van der Waals surface area contributed by atoms with Crippen molar-refractivity contribution >= 4 is 34.2 Å². The lowest BCUT2D eigenvalue weighted by atomic mass is 9.92. The van der Waals surface area contributed by atoms with Crippen LogP contribution in [0.25, 0.3) is 10.8 Å². The van der Waals surface area contributed by atoms with E-state index >= 15 is 0 Å². The fourth-order valence-electron chi connectivity index (χ4n) is 3.25. The predicted octanol–water partition coefficient (Wildman–Crippen LogP) is 5.42. The van der Waals surface area contributed by atoms with Gasteiger partial charge in [0.25, 0.3) is 0 Å². The van der Waals surface area contributed by atoms with E-state index in [4.69, 9.17) is 16.3 Å². The maximum absolute atomic E-state index is 12.5. The van der Waals surface area contributed by atoms with Crippen molar-refractivity contribution in [3.63, 3.8) is 0 Å². The average molecular weight is 396 g/mol. The van der Waals surface area contributed by atoms with Gasteiger partial charge in [-0.3, -0.25) is 9.59 Å². The van der Waals surface area contributed by atoms with Gasteiger partial charge in [-0.2, -0.15) is 0 Å². The van der Waals surface area contributed by atoms with E-state index in [9.17, 15) is 9.59 Å². The lowest BCUT2D eigenvalue weighted by Gasteiger charge is -2.24. The molecule has 0 aliphatic carbocycles. The number of nitrogens with one attached hydrogen (secondary N) is 1. The molecule has 0 spiro atoms. The molecule has 144 valence electrons. The lowest BCUT2D eigenvalue weighted by Crippen LogP contribution is -2.29. The minimum absolute atomic E-state index is 0.0656. The van der Waals surface area contributed by atoms with E-state index < -0.39 is 12.0 Å². The summed E-state index contributed by atoms with van der Waals surface area (Å²) in [6, 6.07) is 18.3. The van der Waals surface area contributed by atoms with E-state index in [2.05, 4.69) is 5.32 Å². The molecule has 0 radical (unpaired) electrons. The molecule has 4 nitrogen and oxygen atoms in total. The van der Waals surface area contributed by atoms with Crippen LogP contribution in [0.3, 0.4) is 0 Å². The van der Waals surface area contributed by atoms with Gasteiger partial charge < -0.3 is 10.1 Å². The zero-order valence-electron chi connectivity index (χ0n) is 15.9. The highest BCUT2D eigenvalue weighted by atomic mass is 35.5. The minimum atomic E-state index is -0.475.